The van der Waals surface area contributed by atoms with E-state index in [9.17, 15) is 0 Å². The highest BCUT2D eigenvalue weighted by atomic mass is 14.8. The molecule has 0 radical (unpaired) electrons. The zero-order valence-electron chi connectivity index (χ0n) is 20.8. The SMILES string of the molecule is C=CNCc1ccc(C)c(C)c1.CCCCCCCC/C=C\CCCCCCCC. The van der Waals surface area contributed by atoms with Crippen molar-refractivity contribution in [1.82, 2.24) is 5.32 Å². The molecule has 1 rings (SSSR count). The van der Waals surface area contributed by atoms with Crippen LogP contribution in [0.5, 0.6) is 0 Å². The summed E-state index contributed by atoms with van der Waals surface area (Å²) in [6.07, 6.45) is 26.2. The summed E-state index contributed by atoms with van der Waals surface area (Å²) in [5, 5.41) is 3.08. The van der Waals surface area contributed by atoms with Gasteiger partial charge >= 0.3 is 0 Å². The van der Waals surface area contributed by atoms with E-state index in [-0.39, 0.29) is 0 Å². The Balaban J connectivity index is 0.000000604. The average Bonchev–Trinajstić information content (AvgIpc) is 2.75. The standard InChI is InChI=1S/C18H36.C11H15N/c1-3-5-7-9-11-13-15-17-18-16-14-12-10-8-6-4-2;1-4-12-8-11-6-5-9(2)10(3)7-11/h17-18H,3-16H2,1-2H3;4-7,12H,1,8H2,2-3H3/b18-17-;. The highest BCUT2D eigenvalue weighted by Gasteiger charge is 1.94. The molecule has 0 saturated carbocycles. The zero-order valence-corrected chi connectivity index (χ0v) is 20.8. The molecule has 0 unspecified atom stereocenters. The van der Waals surface area contributed by atoms with Crippen LogP contribution >= 0.6 is 0 Å². The van der Waals surface area contributed by atoms with Gasteiger partial charge in [-0.05, 0) is 62.4 Å². The maximum Gasteiger partial charge on any atom is 0.0395 e. The molecule has 0 aliphatic carbocycles. The largest absolute Gasteiger partial charge is 0.387 e. The molecule has 0 atom stereocenters. The maximum absolute atomic E-state index is 3.60. The summed E-state index contributed by atoms with van der Waals surface area (Å²) in [5.41, 5.74) is 3.99. The molecule has 0 amide bonds. The molecule has 0 fully saturated rings. The fourth-order valence-corrected chi connectivity index (χ4v) is 3.42. The Morgan fingerprint density at radius 1 is 0.700 bits per heavy atom. The predicted octanol–water partition coefficient (Wildman–Crippen LogP) is 9.58. The highest BCUT2D eigenvalue weighted by Crippen LogP contribution is 2.10. The number of benzene rings is 1. The fourth-order valence-electron chi connectivity index (χ4n) is 3.42. The number of aryl methyl sites for hydroxylation is 2. The van der Waals surface area contributed by atoms with Gasteiger partial charge in [-0.15, -0.1) is 0 Å². The lowest BCUT2D eigenvalue weighted by atomic mass is 10.1. The lowest BCUT2D eigenvalue weighted by Crippen LogP contribution is -2.03. The van der Waals surface area contributed by atoms with Gasteiger partial charge in [0, 0.05) is 6.54 Å². The number of rotatable bonds is 17. The molecule has 0 heterocycles. The molecule has 1 heteroatoms. The summed E-state index contributed by atoms with van der Waals surface area (Å²) < 4.78 is 0. The van der Waals surface area contributed by atoms with Crippen molar-refractivity contribution in [3.8, 4) is 0 Å². The summed E-state index contributed by atoms with van der Waals surface area (Å²) in [6, 6.07) is 6.49. The van der Waals surface area contributed by atoms with Crippen LogP contribution in [-0.2, 0) is 6.54 Å². The number of hydrogen-bond acceptors (Lipinski definition) is 1. The molecule has 1 N–H and O–H groups in total. The Kier molecular flexibility index (Phi) is 21.1. The van der Waals surface area contributed by atoms with Crippen LogP contribution in [0, 0.1) is 13.8 Å². The van der Waals surface area contributed by atoms with Crippen LogP contribution in [-0.4, -0.2) is 0 Å². The van der Waals surface area contributed by atoms with Crippen molar-refractivity contribution >= 4 is 0 Å². The van der Waals surface area contributed by atoms with E-state index in [0.717, 1.165) is 6.54 Å². The first-order valence-corrected chi connectivity index (χ1v) is 12.7. The topological polar surface area (TPSA) is 12.0 Å². The minimum Gasteiger partial charge on any atom is -0.387 e. The van der Waals surface area contributed by atoms with Gasteiger partial charge in [0.1, 0.15) is 0 Å². The normalized spacial score (nSPS) is 10.7. The molecule has 1 nitrogen and oxygen atoms in total. The van der Waals surface area contributed by atoms with Crippen molar-refractivity contribution in [2.45, 2.75) is 124 Å². The van der Waals surface area contributed by atoms with Crippen molar-refractivity contribution < 1.29 is 0 Å². The minimum absolute atomic E-state index is 0.866. The van der Waals surface area contributed by atoms with Crippen LogP contribution in [0.1, 0.15) is 120 Å². The van der Waals surface area contributed by atoms with Crippen molar-refractivity contribution in [2.75, 3.05) is 0 Å². The van der Waals surface area contributed by atoms with Gasteiger partial charge in [0.05, 0.1) is 0 Å². The predicted molar refractivity (Wildman–Crippen MR) is 138 cm³/mol. The lowest BCUT2D eigenvalue weighted by Gasteiger charge is -2.04. The van der Waals surface area contributed by atoms with Gasteiger partial charge in [0.25, 0.3) is 0 Å². The number of unbranched alkanes of at least 4 members (excludes halogenated alkanes) is 12. The quantitative estimate of drug-likeness (QED) is 0.198. The van der Waals surface area contributed by atoms with Gasteiger partial charge in [-0.1, -0.05) is 115 Å². The van der Waals surface area contributed by atoms with E-state index in [2.05, 4.69) is 69.9 Å². The molecule has 1 aromatic rings. The van der Waals surface area contributed by atoms with Crippen LogP contribution in [0.3, 0.4) is 0 Å². The first kappa shape index (κ1) is 28.5. The van der Waals surface area contributed by atoms with E-state index >= 15 is 0 Å². The molecule has 1 aromatic carbocycles. The number of allylic oxidation sites excluding steroid dienone is 2. The zero-order chi connectivity index (χ0) is 22.3. The van der Waals surface area contributed by atoms with Crippen LogP contribution in [0.4, 0.5) is 0 Å². The summed E-state index contributed by atoms with van der Waals surface area (Å²) in [4.78, 5) is 0. The van der Waals surface area contributed by atoms with Crippen molar-refractivity contribution in [3.05, 3.63) is 59.8 Å². The van der Waals surface area contributed by atoms with Gasteiger partial charge in [-0.3, -0.25) is 0 Å². The molecular formula is C29H51N. The second-order valence-corrected chi connectivity index (χ2v) is 8.59. The minimum atomic E-state index is 0.866. The van der Waals surface area contributed by atoms with E-state index in [1.165, 1.54) is 107 Å². The van der Waals surface area contributed by atoms with Crippen LogP contribution in [0.15, 0.2) is 43.1 Å². The first-order chi connectivity index (χ1) is 14.7. The van der Waals surface area contributed by atoms with E-state index in [1.54, 1.807) is 6.20 Å². The molecule has 0 aliphatic heterocycles. The fraction of sp³-hybridized carbons (Fsp3) is 0.655. The summed E-state index contributed by atoms with van der Waals surface area (Å²) in [5.74, 6) is 0. The van der Waals surface area contributed by atoms with Gasteiger partial charge in [0.15, 0.2) is 0 Å². The Hall–Kier alpha value is -1.50. The summed E-state index contributed by atoms with van der Waals surface area (Å²) in [6.45, 7) is 13.3. The van der Waals surface area contributed by atoms with Gasteiger partial charge in [-0.25, -0.2) is 0 Å². The molecule has 0 saturated heterocycles. The third-order valence-corrected chi connectivity index (χ3v) is 5.64. The van der Waals surface area contributed by atoms with E-state index in [0.29, 0.717) is 0 Å². The Morgan fingerprint density at radius 3 is 1.67 bits per heavy atom. The van der Waals surface area contributed by atoms with Crippen molar-refractivity contribution in [1.29, 1.82) is 0 Å². The smallest absolute Gasteiger partial charge is 0.0395 e. The third kappa shape index (κ3) is 18.5. The summed E-state index contributed by atoms with van der Waals surface area (Å²) >= 11 is 0. The van der Waals surface area contributed by atoms with Crippen molar-refractivity contribution in [3.63, 3.8) is 0 Å². The van der Waals surface area contributed by atoms with Gasteiger partial charge in [-0.2, -0.15) is 0 Å². The Labute approximate surface area is 189 Å². The Bertz CT molecular complexity index is 511. The maximum atomic E-state index is 3.60. The Morgan fingerprint density at radius 2 is 1.20 bits per heavy atom. The molecule has 0 spiro atoms. The third-order valence-electron chi connectivity index (χ3n) is 5.64. The number of nitrogens with one attached hydrogen (secondary N) is 1. The van der Waals surface area contributed by atoms with E-state index in [1.807, 2.05) is 0 Å². The first-order valence-electron chi connectivity index (χ1n) is 12.7. The summed E-state index contributed by atoms with van der Waals surface area (Å²) in [7, 11) is 0. The van der Waals surface area contributed by atoms with Crippen LogP contribution < -0.4 is 5.32 Å². The molecular weight excluding hydrogens is 362 g/mol. The average molecular weight is 414 g/mol. The van der Waals surface area contributed by atoms with E-state index < -0.39 is 0 Å². The monoisotopic (exact) mass is 413 g/mol. The molecule has 0 aliphatic rings. The molecule has 172 valence electrons. The molecule has 30 heavy (non-hydrogen) atoms. The lowest BCUT2D eigenvalue weighted by molar-refractivity contribution is 0.606. The number of hydrogen-bond donors (Lipinski definition) is 1. The second kappa shape index (κ2) is 22.2. The van der Waals surface area contributed by atoms with Crippen LogP contribution in [0.25, 0.3) is 0 Å². The van der Waals surface area contributed by atoms with Crippen molar-refractivity contribution in [2.24, 2.45) is 0 Å². The molecule has 0 bridgehead atoms. The highest BCUT2D eigenvalue weighted by molar-refractivity contribution is 5.29. The van der Waals surface area contributed by atoms with E-state index in [4.69, 9.17) is 0 Å². The second-order valence-electron chi connectivity index (χ2n) is 8.59. The molecule has 0 aromatic heterocycles. The van der Waals surface area contributed by atoms with Gasteiger partial charge < -0.3 is 5.32 Å². The van der Waals surface area contributed by atoms with Crippen LogP contribution in [0.2, 0.25) is 0 Å². The van der Waals surface area contributed by atoms with Gasteiger partial charge in [0.2, 0.25) is 0 Å².